The Morgan fingerprint density at radius 3 is 0.548 bits per heavy atom. The summed E-state index contributed by atoms with van der Waals surface area (Å²) in [5, 5.41) is 17.9. The Balaban J connectivity index is -0.000000873. The predicted molar refractivity (Wildman–Crippen MR) is 327 cm³/mol. The van der Waals surface area contributed by atoms with E-state index in [1.54, 1.807) is 0 Å². The van der Waals surface area contributed by atoms with E-state index in [1.807, 2.05) is 36.4 Å². The molecule has 0 unspecified atom stereocenters. The number of rotatable bonds is 3. The van der Waals surface area contributed by atoms with Crippen molar-refractivity contribution in [2.45, 2.75) is 0 Å². The fourth-order valence-corrected chi connectivity index (χ4v) is 10.1. The zero-order valence-corrected chi connectivity index (χ0v) is 59.0. The zero-order chi connectivity index (χ0) is 50.4. The van der Waals surface area contributed by atoms with E-state index in [-0.39, 0.29) is 139 Å². The Labute approximate surface area is 563 Å². The number of hydrogen-bond acceptors (Lipinski definition) is 9. The quantitative estimate of drug-likeness (QED) is 0.227. The summed E-state index contributed by atoms with van der Waals surface area (Å²) in [7, 11) is 18.8. The second-order valence-electron chi connectivity index (χ2n) is 19.4. The van der Waals surface area contributed by atoms with Gasteiger partial charge < -0.3 is 62.9 Å². The maximum absolute atomic E-state index is 4.53. The first-order chi connectivity index (χ1) is 34.0. The van der Waals surface area contributed by atoms with Crippen molar-refractivity contribution in [1.82, 2.24) is 44.1 Å². The molecule has 16 heteroatoms. The SMILES string of the molecule is CN1CC[N-]CCN(C)CCN(C)CC1.CN1CC[N-]CCN(C)CCN(C)CC1.CN1CC[N-]CCN(C)CCN(C)CC1.[H-].[H-].[Sr+2].[Sr+2].[Sr+2].c1ccc([Si-](c2ccccc2)c2ccccc2)cc1.c1ccccc1. The van der Waals surface area contributed by atoms with E-state index >= 15 is 0 Å². The van der Waals surface area contributed by atoms with Crippen LogP contribution < -0.4 is 15.6 Å². The van der Waals surface area contributed by atoms with Crippen molar-refractivity contribution in [1.29, 1.82) is 0 Å². The standard InChI is InChI=1S/C18H15Si.3C11H25N4.C6H6.3Sr.2H/c1-4-10-16(11-5-1)19(17-12-6-2-7-13-17)18-14-8-3-9-15-18;3*1-13-6-4-12-5-7-14(2)9-11-15(3)10-8-13;1-2-4-6-5-3-1;;;;;/h1-15H;3*4-11H2,1-3H3;1-6H;;;;;/q4*-1;;3*+2;2*-1. The Bertz CT molecular complexity index is 1530. The van der Waals surface area contributed by atoms with Gasteiger partial charge >= 0.3 is 136 Å². The largest absolute Gasteiger partial charge is 2.00 e. The molecule has 0 bridgehead atoms. The smallest absolute Gasteiger partial charge is 1.00 e. The molecule has 0 aromatic heterocycles. The van der Waals surface area contributed by atoms with Crippen molar-refractivity contribution in [3.8, 4) is 0 Å². The first-order valence-corrected chi connectivity index (χ1v) is 27.6. The van der Waals surface area contributed by atoms with Gasteiger partial charge in [0.05, 0.1) is 0 Å². The van der Waals surface area contributed by atoms with Crippen LogP contribution in [0, 0.1) is 0 Å². The van der Waals surface area contributed by atoms with Crippen LogP contribution in [0.2, 0.25) is 0 Å². The van der Waals surface area contributed by atoms with E-state index < -0.39 is 8.80 Å². The summed E-state index contributed by atoms with van der Waals surface area (Å²) in [6.07, 6.45) is 0. The average molecular weight is 1240 g/mol. The third-order valence-corrected chi connectivity index (χ3v) is 15.6. The molecular weight excluding hydrogens is 1140 g/mol. The van der Waals surface area contributed by atoms with Crippen LogP contribution >= 0.6 is 0 Å². The van der Waals surface area contributed by atoms with E-state index in [4.69, 9.17) is 0 Å². The van der Waals surface area contributed by atoms with Crippen LogP contribution in [-0.4, -0.2) is 410 Å². The molecule has 4 aromatic rings. The first kappa shape index (κ1) is 74.1. The Morgan fingerprint density at radius 2 is 0.384 bits per heavy atom. The third-order valence-electron chi connectivity index (χ3n) is 12.9. The van der Waals surface area contributed by atoms with Crippen LogP contribution in [0.25, 0.3) is 16.0 Å². The summed E-state index contributed by atoms with van der Waals surface area (Å²) in [4.78, 5) is 21.4. The first-order valence-electron chi connectivity index (χ1n) is 26.1. The Morgan fingerprint density at radius 1 is 0.247 bits per heavy atom. The van der Waals surface area contributed by atoms with Crippen LogP contribution in [0.4, 0.5) is 0 Å². The fraction of sp³-hybridized carbons (Fsp3) is 0.579. The fourth-order valence-electron chi connectivity index (χ4n) is 7.54. The van der Waals surface area contributed by atoms with Crippen molar-refractivity contribution in [3.05, 3.63) is 143 Å². The topological polar surface area (TPSA) is 71.5 Å². The molecule has 0 N–H and O–H groups in total. The van der Waals surface area contributed by atoms with Crippen molar-refractivity contribution < 1.29 is 2.85 Å². The molecule has 7 rings (SSSR count). The van der Waals surface area contributed by atoms with Gasteiger partial charge in [-0.15, -0.1) is 39.3 Å². The van der Waals surface area contributed by atoms with Crippen LogP contribution in [-0.2, 0) is 0 Å². The van der Waals surface area contributed by atoms with E-state index in [0.29, 0.717) is 0 Å². The second-order valence-corrected chi connectivity index (χ2v) is 21.9. The second kappa shape index (κ2) is 48.9. The van der Waals surface area contributed by atoms with E-state index in [1.165, 1.54) is 15.6 Å². The van der Waals surface area contributed by atoms with E-state index in [2.05, 4.69) is 214 Å². The Kier molecular flexibility index (Phi) is 49.6. The molecule has 12 nitrogen and oxygen atoms in total. The molecule has 0 spiro atoms. The molecule has 396 valence electrons. The van der Waals surface area contributed by atoms with Crippen LogP contribution in [0.15, 0.2) is 127 Å². The predicted octanol–water partition coefficient (Wildman–Crippen LogP) is 3.48. The maximum atomic E-state index is 4.53. The monoisotopic (exact) mass is 1240 g/mol. The number of benzene rings is 4. The van der Waals surface area contributed by atoms with Crippen molar-refractivity contribution >= 4 is 161 Å². The van der Waals surface area contributed by atoms with Gasteiger partial charge in [0, 0.05) is 78.5 Å². The Hall–Kier alpha value is 1.06. The molecule has 3 saturated heterocycles. The summed E-state index contributed by atoms with van der Waals surface area (Å²) in [5.41, 5.74) is 0. The van der Waals surface area contributed by atoms with Gasteiger partial charge in [-0.3, -0.25) is 0 Å². The summed E-state index contributed by atoms with van der Waals surface area (Å²) < 4.78 is 0. The van der Waals surface area contributed by atoms with Gasteiger partial charge in [0.15, 0.2) is 0 Å². The zero-order valence-electron chi connectivity index (χ0n) is 49.6. The molecule has 3 aliphatic heterocycles. The summed E-state index contributed by atoms with van der Waals surface area (Å²) >= 11 is 0. The van der Waals surface area contributed by atoms with E-state index in [0.717, 1.165) is 157 Å². The van der Waals surface area contributed by atoms with Crippen molar-refractivity contribution in [2.75, 3.05) is 221 Å². The van der Waals surface area contributed by atoms with Gasteiger partial charge in [-0.2, -0.15) is 15.6 Å². The van der Waals surface area contributed by atoms with Crippen molar-refractivity contribution in [2.24, 2.45) is 0 Å². The van der Waals surface area contributed by atoms with Crippen LogP contribution in [0.1, 0.15) is 2.85 Å². The molecule has 0 saturated carbocycles. The average Bonchev–Trinajstić information content (AvgIpc) is 3.38. The third kappa shape index (κ3) is 39.2. The van der Waals surface area contributed by atoms with Gasteiger partial charge in [0.2, 0.25) is 0 Å². The molecular formula is C57H98N12SiSr3. The summed E-state index contributed by atoms with van der Waals surface area (Å²) in [6.45, 7) is 26.3. The molecule has 0 aliphatic carbocycles. The normalized spacial score (nSPS) is 19.2. The number of hydrogen-bond donors (Lipinski definition) is 0. The summed E-state index contributed by atoms with van der Waals surface area (Å²) in [6, 6.07) is 44.5. The minimum Gasteiger partial charge on any atom is -1.00 e. The maximum Gasteiger partial charge on any atom is 2.00 e. The number of likely N-dealkylation sites (N-methyl/N-ethyl adjacent to an activating group) is 9. The molecule has 0 radical (unpaired) electrons. The minimum atomic E-state index is -0.877. The molecule has 3 aliphatic rings. The molecule has 73 heavy (non-hydrogen) atoms. The van der Waals surface area contributed by atoms with Gasteiger partial charge in [-0.1, -0.05) is 127 Å². The minimum absolute atomic E-state index is 0. The van der Waals surface area contributed by atoms with Gasteiger partial charge in [-0.05, 0) is 103 Å². The number of nitrogens with zero attached hydrogens (tertiary/aromatic N) is 12. The molecule has 3 fully saturated rings. The van der Waals surface area contributed by atoms with Crippen LogP contribution in [0.5, 0.6) is 0 Å². The molecule has 0 amide bonds. The summed E-state index contributed by atoms with van der Waals surface area (Å²) in [5.74, 6) is 0. The van der Waals surface area contributed by atoms with Gasteiger partial charge in [0.1, 0.15) is 0 Å². The van der Waals surface area contributed by atoms with Crippen molar-refractivity contribution in [3.63, 3.8) is 0 Å². The molecule has 4 aromatic carbocycles. The molecule has 3 heterocycles. The van der Waals surface area contributed by atoms with Crippen LogP contribution in [0.3, 0.4) is 0 Å². The van der Waals surface area contributed by atoms with E-state index in [9.17, 15) is 0 Å². The van der Waals surface area contributed by atoms with Gasteiger partial charge in [0.25, 0.3) is 0 Å². The van der Waals surface area contributed by atoms with Gasteiger partial charge in [-0.25, -0.2) is 8.80 Å². The molecule has 0 atom stereocenters.